The average molecular weight is 434 g/mol. The SMILES string of the molecule is CCN(Cc1nc2ccccc2c(=O)[nH]1)C(=O)COc1ccc(Br)cc1F. The number of rotatable bonds is 6. The molecule has 140 valence electrons. The molecule has 1 aromatic heterocycles. The summed E-state index contributed by atoms with van der Waals surface area (Å²) in [6, 6.07) is 11.3. The fourth-order valence-corrected chi connectivity index (χ4v) is 2.92. The maximum absolute atomic E-state index is 13.8. The molecule has 1 amide bonds. The average Bonchev–Trinajstić information content (AvgIpc) is 2.65. The van der Waals surface area contributed by atoms with Gasteiger partial charge in [0.1, 0.15) is 5.82 Å². The van der Waals surface area contributed by atoms with Crippen LogP contribution >= 0.6 is 15.9 Å². The fraction of sp³-hybridized carbons (Fsp3) is 0.211. The summed E-state index contributed by atoms with van der Waals surface area (Å²) in [5, 5.41) is 0.490. The van der Waals surface area contributed by atoms with Gasteiger partial charge < -0.3 is 14.6 Å². The van der Waals surface area contributed by atoms with Crippen LogP contribution in [0.2, 0.25) is 0 Å². The van der Waals surface area contributed by atoms with E-state index in [1.165, 1.54) is 17.0 Å². The van der Waals surface area contributed by atoms with Gasteiger partial charge in [-0.05, 0) is 37.3 Å². The number of nitrogens with zero attached hydrogens (tertiary/aromatic N) is 2. The molecular formula is C19H17BrFN3O3. The van der Waals surface area contributed by atoms with E-state index in [-0.39, 0.29) is 30.4 Å². The lowest BCUT2D eigenvalue weighted by Gasteiger charge is -2.20. The normalized spacial score (nSPS) is 10.8. The van der Waals surface area contributed by atoms with Crippen LogP contribution in [-0.4, -0.2) is 33.9 Å². The van der Waals surface area contributed by atoms with Crippen molar-refractivity contribution in [3.63, 3.8) is 0 Å². The van der Waals surface area contributed by atoms with Crippen molar-refractivity contribution in [2.45, 2.75) is 13.5 Å². The van der Waals surface area contributed by atoms with E-state index in [0.717, 1.165) is 0 Å². The molecule has 27 heavy (non-hydrogen) atoms. The van der Waals surface area contributed by atoms with Crippen molar-refractivity contribution >= 4 is 32.7 Å². The summed E-state index contributed by atoms with van der Waals surface area (Å²) in [6.07, 6.45) is 0. The van der Waals surface area contributed by atoms with Gasteiger partial charge in [-0.1, -0.05) is 28.1 Å². The fourth-order valence-electron chi connectivity index (χ4n) is 2.59. The molecule has 0 radical (unpaired) electrons. The van der Waals surface area contributed by atoms with Gasteiger partial charge in [0, 0.05) is 11.0 Å². The van der Waals surface area contributed by atoms with Crippen LogP contribution < -0.4 is 10.3 Å². The lowest BCUT2D eigenvalue weighted by Crippen LogP contribution is -2.35. The summed E-state index contributed by atoms with van der Waals surface area (Å²) < 4.78 is 19.7. The maximum atomic E-state index is 13.8. The van der Waals surface area contributed by atoms with Gasteiger partial charge in [0.15, 0.2) is 18.2 Å². The lowest BCUT2D eigenvalue weighted by atomic mass is 10.2. The Bertz CT molecular complexity index is 1040. The van der Waals surface area contributed by atoms with Crippen LogP contribution in [0.1, 0.15) is 12.7 Å². The van der Waals surface area contributed by atoms with Crippen molar-refractivity contribution in [2.24, 2.45) is 0 Å². The molecule has 3 aromatic rings. The third-order valence-corrected chi connectivity index (χ3v) is 4.48. The minimum atomic E-state index is -0.555. The second-order valence-electron chi connectivity index (χ2n) is 5.80. The van der Waals surface area contributed by atoms with E-state index < -0.39 is 5.82 Å². The van der Waals surface area contributed by atoms with E-state index >= 15 is 0 Å². The van der Waals surface area contributed by atoms with Crippen LogP contribution in [0.15, 0.2) is 51.7 Å². The Morgan fingerprint density at radius 3 is 2.81 bits per heavy atom. The minimum Gasteiger partial charge on any atom is -0.481 e. The highest BCUT2D eigenvalue weighted by Gasteiger charge is 2.16. The molecule has 8 heteroatoms. The highest BCUT2D eigenvalue weighted by atomic mass is 79.9. The van der Waals surface area contributed by atoms with E-state index in [4.69, 9.17) is 4.74 Å². The molecule has 0 aliphatic heterocycles. The lowest BCUT2D eigenvalue weighted by molar-refractivity contribution is -0.133. The Morgan fingerprint density at radius 2 is 2.07 bits per heavy atom. The van der Waals surface area contributed by atoms with Crippen molar-refractivity contribution in [2.75, 3.05) is 13.2 Å². The Hall–Kier alpha value is -2.74. The number of amides is 1. The van der Waals surface area contributed by atoms with E-state index in [2.05, 4.69) is 25.9 Å². The summed E-state index contributed by atoms with van der Waals surface area (Å²) in [5.41, 5.74) is 0.306. The van der Waals surface area contributed by atoms with Crippen LogP contribution in [-0.2, 0) is 11.3 Å². The zero-order chi connectivity index (χ0) is 19.4. The number of hydrogen-bond acceptors (Lipinski definition) is 4. The molecule has 0 aliphatic carbocycles. The molecule has 0 fully saturated rings. The van der Waals surface area contributed by atoms with Crippen molar-refractivity contribution in [3.8, 4) is 5.75 Å². The number of halogens is 2. The van der Waals surface area contributed by atoms with Crippen LogP contribution in [0, 0.1) is 5.82 Å². The van der Waals surface area contributed by atoms with Gasteiger partial charge in [0.25, 0.3) is 11.5 Å². The van der Waals surface area contributed by atoms with E-state index in [1.807, 2.05) is 0 Å². The summed E-state index contributed by atoms with van der Waals surface area (Å²) >= 11 is 3.16. The van der Waals surface area contributed by atoms with Crippen LogP contribution in [0.3, 0.4) is 0 Å². The number of nitrogens with one attached hydrogen (secondary N) is 1. The second-order valence-corrected chi connectivity index (χ2v) is 6.72. The first-order valence-corrected chi connectivity index (χ1v) is 9.10. The van der Waals surface area contributed by atoms with Gasteiger partial charge in [0.2, 0.25) is 0 Å². The molecule has 0 bridgehead atoms. The first kappa shape index (κ1) is 19.0. The van der Waals surface area contributed by atoms with Crippen LogP contribution in [0.5, 0.6) is 5.75 Å². The molecule has 0 spiro atoms. The van der Waals surface area contributed by atoms with Gasteiger partial charge in [0.05, 0.1) is 17.4 Å². The van der Waals surface area contributed by atoms with Gasteiger partial charge >= 0.3 is 0 Å². The van der Waals surface area contributed by atoms with Crippen molar-refractivity contribution in [1.29, 1.82) is 0 Å². The zero-order valence-corrected chi connectivity index (χ0v) is 16.1. The number of ether oxygens (including phenoxy) is 1. The number of hydrogen-bond donors (Lipinski definition) is 1. The van der Waals surface area contributed by atoms with Gasteiger partial charge in [-0.2, -0.15) is 0 Å². The number of H-pyrrole nitrogens is 1. The highest BCUT2D eigenvalue weighted by molar-refractivity contribution is 9.10. The van der Waals surface area contributed by atoms with E-state index in [9.17, 15) is 14.0 Å². The topological polar surface area (TPSA) is 75.3 Å². The zero-order valence-electron chi connectivity index (χ0n) is 14.5. The first-order chi connectivity index (χ1) is 13.0. The predicted octanol–water partition coefficient (Wildman–Crippen LogP) is 3.25. The van der Waals surface area contributed by atoms with Crippen LogP contribution in [0.4, 0.5) is 4.39 Å². The number of carbonyl (C=O) groups is 1. The smallest absolute Gasteiger partial charge is 0.260 e. The van der Waals surface area contributed by atoms with Crippen LogP contribution in [0.25, 0.3) is 10.9 Å². The third kappa shape index (κ3) is 4.51. The summed E-state index contributed by atoms with van der Waals surface area (Å²) in [6.45, 7) is 2.00. The molecule has 1 N–H and O–H groups in total. The number of benzene rings is 2. The summed E-state index contributed by atoms with van der Waals surface area (Å²) in [7, 11) is 0. The highest BCUT2D eigenvalue weighted by Crippen LogP contribution is 2.21. The van der Waals surface area contributed by atoms with Crippen molar-refractivity contribution < 1.29 is 13.9 Å². The molecule has 0 unspecified atom stereocenters. The number of para-hydroxylation sites is 1. The Kier molecular flexibility index (Phi) is 5.85. The van der Waals surface area contributed by atoms with Gasteiger partial charge in [-0.3, -0.25) is 9.59 Å². The third-order valence-electron chi connectivity index (χ3n) is 3.98. The summed E-state index contributed by atoms with van der Waals surface area (Å²) in [5.74, 6) is -0.514. The molecule has 6 nitrogen and oxygen atoms in total. The van der Waals surface area contributed by atoms with Crippen molar-refractivity contribution in [3.05, 3.63) is 68.9 Å². The molecule has 0 saturated heterocycles. The molecule has 1 heterocycles. The number of aromatic nitrogens is 2. The molecule has 0 aliphatic rings. The predicted molar refractivity (Wildman–Crippen MR) is 103 cm³/mol. The van der Waals surface area contributed by atoms with Gasteiger partial charge in [-0.25, -0.2) is 9.37 Å². The first-order valence-electron chi connectivity index (χ1n) is 8.31. The Labute approximate surface area is 163 Å². The van der Waals surface area contributed by atoms with E-state index in [0.29, 0.717) is 27.7 Å². The largest absolute Gasteiger partial charge is 0.481 e. The number of carbonyl (C=O) groups excluding carboxylic acids is 1. The second kappa shape index (κ2) is 8.30. The monoisotopic (exact) mass is 433 g/mol. The quantitative estimate of drug-likeness (QED) is 0.647. The van der Waals surface area contributed by atoms with Gasteiger partial charge in [-0.15, -0.1) is 0 Å². The molecular weight excluding hydrogens is 417 g/mol. The molecule has 3 rings (SSSR count). The van der Waals surface area contributed by atoms with Crippen molar-refractivity contribution in [1.82, 2.24) is 14.9 Å². The molecule has 0 saturated carbocycles. The molecule has 0 atom stereocenters. The maximum Gasteiger partial charge on any atom is 0.260 e. The Morgan fingerprint density at radius 1 is 1.30 bits per heavy atom. The van der Waals surface area contributed by atoms with E-state index in [1.54, 1.807) is 37.3 Å². The Balaban J connectivity index is 1.71. The number of fused-ring (bicyclic) bond motifs is 1. The standard InChI is InChI=1S/C19H17BrFN3O3/c1-2-24(18(25)11-27-16-8-7-12(20)9-14(16)21)10-17-22-15-6-4-3-5-13(15)19(26)23-17/h3-9H,2,10-11H2,1H3,(H,22,23,26). The summed E-state index contributed by atoms with van der Waals surface area (Å²) in [4.78, 5) is 33.1. The number of aromatic amines is 1. The number of likely N-dealkylation sites (N-methyl/N-ethyl adjacent to an activating group) is 1. The molecule has 2 aromatic carbocycles. The minimum absolute atomic E-state index is 0.000148.